The standard InChI is InChI=1S/C12H17N3O2/c1-15-10-4-3-8(17-2)7-9(10)14-12(15)11(16)5-6-13/h3-4,7,11,16H,5-6,13H2,1-2H3. The molecule has 92 valence electrons. The van der Waals surface area contributed by atoms with Crippen LogP contribution in [0, 0.1) is 0 Å². The number of nitrogens with zero attached hydrogens (tertiary/aromatic N) is 2. The molecule has 0 radical (unpaired) electrons. The number of hydrogen-bond donors (Lipinski definition) is 2. The number of fused-ring (bicyclic) bond motifs is 1. The van der Waals surface area contributed by atoms with E-state index in [-0.39, 0.29) is 0 Å². The van der Waals surface area contributed by atoms with Gasteiger partial charge in [0.05, 0.1) is 18.1 Å². The molecule has 0 aliphatic heterocycles. The number of aliphatic hydroxyl groups is 1. The summed E-state index contributed by atoms with van der Waals surface area (Å²) < 4.78 is 7.03. The summed E-state index contributed by atoms with van der Waals surface area (Å²) in [5, 5.41) is 9.93. The SMILES string of the molecule is COc1ccc2c(c1)nc(C(O)CCN)n2C. The zero-order valence-corrected chi connectivity index (χ0v) is 10.1. The summed E-state index contributed by atoms with van der Waals surface area (Å²) in [6.07, 6.45) is -0.114. The Kier molecular flexibility index (Phi) is 3.31. The molecule has 2 aromatic rings. The second-order valence-electron chi connectivity index (χ2n) is 3.98. The minimum absolute atomic E-state index is 0.438. The van der Waals surface area contributed by atoms with Gasteiger partial charge in [0.1, 0.15) is 17.7 Å². The number of ether oxygens (including phenoxy) is 1. The summed E-state index contributed by atoms with van der Waals surface area (Å²) in [5.74, 6) is 1.40. The van der Waals surface area contributed by atoms with Crippen molar-refractivity contribution in [2.24, 2.45) is 12.8 Å². The first-order chi connectivity index (χ1) is 8.17. The molecule has 1 atom stereocenters. The van der Waals surface area contributed by atoms with Crippen LogP contribution in [-0.4, -0.2) is 28.3 Å². The molecule has 5 nitrogen and oxygen atoms in total. The molecule has 0 fully saturated rings. The lowest BCUT2D eigenvalue weighted by molar-refractivity contribution is 0.157. The van der Waals surface area contributed by atoms with Crippen molar-refractivity contribution in [2.75, 3.05) is 13.7 Å². The maximum atomic E-state index is 9.93. The van der Waals surface area contributed by atoms with Crippen molar-refractivity contribution in [3.8, 4) is 5.75 Å². The van der Waals surface area contributed by atoms with Crippen molar-refractivity contribution >= 4 is 11.0 Å². The van der Waals surface area contributed by atoms with E-state index < -0.39 is 6.10 Å². The van der Waals surface area contributed by atoms with Crippen molar-refractivity contribution in [2.45, 2.75) is 12.5 Å². The summed E-state index contributed by atoms with van der Waals surface area (Å²) in [6, 6.07) is 5.66. The molecule has 1 unspecified atom stereocenters. The van der Waals surface area contributed by atoms with Crippen LogP contribution in [0.2, 0.25) is 0 Å². The van der Waals surface area contributed by atoms with Crippen LogP contribution in [-0.2, 0) is 7.05 Å². The normalized spacial score (nSPS) is 12.9. The fraction of sp³-hybridized carbons (Fsp3) is 0.417. The maximum Gasteiger partial charge on any atom is 0.138 e. The minimum atomic E-state index is -0.622. The lowest BCUT2D eigenvalue weighted by Gasteiger charge is -2.08. The van der Waals surface area contributed by atoms with E-state index in [4.69, 9.17) is 10.5 Å². The van der Waals surface area contributed by atoms with Gasteiger partial charge in [-0.2, -0.15) is 0 Å². The van der Waals surface area contributed by atoms with Gasteiger partial charge in [-0.15, -0.1) is 0 Å². The van der Waals surface area contributed by atoms with E-state index in [0.717, 1.165) is 16.8 Å². The Balaban J connectivity index is 2.48. The number of nitrogens with two attached hydrogens (primary N) is 1. The number of aryl methyl sites for hydroxylation is 1. The molecule has 0 saturated heterocycles. The Hall–Kier alpha value is -1.59. The quantitative estimate of drug-likeness (QED) is 0.828. The zero-order valence-electron chi connectivity index (χ0n) is 10.1. The summed E-state index contributed by atoms with van der Waals surface area (Å²) in [4.78, 5) is 4.42. The largest absolute Gasteiger partial charge is 0.497 e. The number of benzene rings is 1. The van der Waals surface area contributed by atoms with Gasteiger partial charge in [0.25, 0.3) is 0 Å². The van der Waals surface area contributed by atoms with Crippen molar-refractivity contribution < 1.29 is 9.84 Å². The number of imidazole rings is 1. The molecule has 17 heavy (non-hydrogen) atoms. The third kappa shape index (κ3) is 2.11. The predicted octanol–water partition coefficient (Wildman–Crippen LogP) is 0.964. The Morgan fingerprint density at radius 1 is 1.53 bits per heavy atom. The van der Waals surface area contributed by atoms with Crippen molar-refractivity contribution in [3.05, 3.63) is 24.0 Å². The van der Waals surface area contributed by atoms with Crippen LogP contribution in [0.4, 0.5) is 0 Å². The number of aromatic nitrogens is 2. The lowest BCUT2D eigenvalue weighted by atomic mass is 10.2. The van der Waals surface area contributed by atoms with Gasteiger partial charge in [-0.1, -0.05) is 0 Å². The molecule has 3 N–H and O–H groups in total. The fourth-order valence-electron chi connectivity index (χ4n) is 1.91. The molecule has 0 bridgehead atoms. The Morgan fingerprint density at radius 2 is 2.29 bits per heavy atom. The highest BCUT2D eigenvalue weighted by Crippen LogP contribution is 2.24. The number of hydrogen-bond acceptors (Lipinski definition) is 4. The van der Waals surface area contributed by atoms with Crippen LogP contribution in [0.15, 0.2) is 18.2 Å². The Morgan fingerprint density at radius 3 is 2.94 bits per heavy atom. The van der Waals surface area contributed by atoms with E-state index >= 15 is 0 Å². The molecule has 0 aliphatic rings. The van der Waals surface area contributed by atoms with Gasteiger partial charge in [-0.05, 0) is 25.1 Å². The molecule has 0 saturated carbocycles. The van der Waals surface area contributed by atoms with Crippen LogP contribution in [0.25, 0.3) is 11.0 Å². The highest BCUT2D eigenvalue weighted by atomic mass is 16.5. The smallest absolute Gasteiger partial charge is 0.138 e. The molecule has 5 heteroatoms. The lowest BCUT2D eigenvalue weighted by Crippen LogP contribution is -2.10. The molecule has 1 aromatic heterocycles. The summed E-state index contributed by atoms with van der Waals surface area (Å²) in [6.45, 7) is 0.438. The third-order valence-electron chi connectivity index (χ3n) is 2.86. The average Bonchev–Trinajstić information content (AvgIpc) is 2.66. The van der Waals surface area contributed by atoms with Crippen LogP contribution < -0.4 is 10.5 Å². The average molecular weight is 235 g/mol. The summed E-state index contributed by atoms with van der Waals surface area (Å²) >= 11 is 0. The van der Waals surface area contributed by atoms with Gasteiger partial charge in [0.15, 0.2) is 0 Å². The monoisotopic (exact) mass is 235 g/mol. The van der Waals surface area contributed by atoms with E-state index in [9.17, 15) is 5.11 Å². The second kappa shape index (κ2) is 4.73. The molecular formula is C12H17N3O2. The van der Waals surface area contributed by atoms with Crippen molar-refractivity contribution in [3.63, 3.8) is 0 Å². The van der Waals surface area contributed by atoms with Gasteiger partial charge in [-0.25, -0.2) is 4.98 Å². The first-order valence-electron chi connectivity index (χ1n) is 5.56. The van der Waals surface area contributed by atoms with Gasteiger partial charge in [0, 0.05) is 13.1 Å². The van der Waals surface area contributed by atoms with E-state index in [1.807, 2.05) is 29.8 Å². The maximum absolute atomic E-state index is 9.93. The van der Waals surface area contributed by atoms with Crippen LogP contribution in [0.1, 0.15) is 18.3 Å². The summed E-state index contributed by atoms with van der Waals surface area (Å²) in [7, 11) is 3.51. The van der Waals surface area contributed by atoms with Crippen LogP contribution in [0.3, 0.4) is 0 Å². The zero-order chi connectivity index (χ0) is 12.4. The van der Waals surface area contributed by atoms with E-state index in [1.165, 1.54) is 0 Å². The third-order valence-corrected chi connectivity index (χ3v) is 2.86. The van der Waals surface area contributed by atoms with Crippen LogP contribution >= 0.6 is 0 Å². The number of methoxy groups -OCH3 is 1. The molecular weight excluding hydrogens is 218 g/mol. The first-order valence-corrected chi connectivity index (χ1v) is 5.56. The topological polar surface area (TPSA) is 73.3 Å². The van der Waals surface area contributed by atoms with Gasteiger partial charge >= 0.3 is 0 Å². The Labute approximate surface area is 99.8 Å². The highest BCUT2D eigenvalue weighted by Gasteiger charge is 2.15. The Bertz CT molecular complexity index is 522. The highest BCUT2D eigenvalue weighted by molar-refractivity contribution is 5.77. The van der Waals surface area contributed by atoms with E-state index in [2.05, 4.69) is 4.98 Å². The molecule has 1 aromatic carbocycles. The molecule has 0 spiro atoms. The van der Waals surface area contributed by atoms with Gasteiger partial charge in [-0.3, -0.25) is 0 Å². The van der Waals surface area contributed by atoms with E-state index in [0.29, 0.717) is 18.8 Å². The number of aliphatic hydroxyl groups excluding tert-OH is 1. The first kappa shape index (κ1) is 11.9. The van der Waals surface area contributed by atoms with Gasteiger partial charge < -0.3 is 20.1 Å². The molecule has 0 aliphatic carbocycles. The fourth-order valence-corrected chi connectivity index (χ4v) is 1.91. The molecule has 0 amide bonds. The number of rotatable bonds is 4. The van der Waals surface area contributed by atoms with Crippen LogP contribution in [0.5, 0.6) is 5.75 Å². The van der Waals surface area contributed by atoms with E-state index in [1.54, 1.807) is 7.11 Å². The van der Waals surface area contributed by atoms with Crippen molar-refractivity contribution in [1.29, 1.82) is 0 Å². The summed E-state index contributed by atoms with van der Waals surface area (Å²) in [5.41, 5.74) is 7.23. The van der Waals surface area contributed by atoms with Crippen molar-refractivity contribution in [1.82, 2.24) is 9.55 Å². The molecule has 2 rings (SSSR count). The van der Waals surface area contributed by atoms with Gasteiger partial charge in [0.2, 0.25) is 0 Å². The minimum Gasteiger partial charge on any atom is -0.497 e. The second-order valence-corrected chi connectivity index (χ2v) is 3.98. The molecule has 1 heterocycles. The predicted molar refractivity (Wildman–Crippen MR) is 65.9 cm³/mol.